The third kappa shape index (κ3) is 2.90. The third-order valence-electron chi connectivity index (χ3n) is 4.00. The zero-order chi connectivity index (χ0) is 18.1. The number of primary amides is 1. The van der Waals surface area contributed by atoms with Crippen LogP contribution < -0.4 is 5.73 Å². The Labute approximate surface area is 149 Å². The second kappa shape index (κ2) is 6.36. The van der Waals surface area contributed by atoms with Crippen LogP contribution >= 0.6 is 0 Å². The number of hydrogen-bond donors (Lipinski definition) is 1. The topological polar surface area (TPSA) is 99.1 Å². The molecule has 26 heavy (non-hydrogen) atoms. The van der Waals surface area contributed by atoms with Gasteiger partial charge in [-0.3, -0.25) is 14.8 Å². The fourth-order valence-electron chi connectivity index (χ4n) is 2.85. The highest BCUT2D eigenvalue weighted by Gasteiger charge is 2.14. The molecule has 7 nitrogen and oxygen atoms in total. The van der Waals surface area contributed by atoms with Crippen LogP contribution in [0, 0.1) is 6.92 Å². The van der Waals surface area contributed by atoms with E-state index in [1.165, 1.54) is 0 Å². The highest BCUT2D eigenvalue weighted by Crippen LogP contribution is 2.28. The fraction of sp³-hybridized carbons (Fsp3) is 0.105. The van der Waals surface area contributed by atoms with Gasteiger partial charge in [-0.15, -0.1) is 0 Å². The minimum Gasteiger partial charge on any atom is -0.369 e. The van der Waals surface area contributed by atoms with E-state index in [1.54, 1.807) is 16.9 Å². The summed E-state index contributed by atoms with van der Waals surface area (Å²) < 4.78 is 1.64. The molecule has 0 saturated heterocycles. The van der Waals surface area contributed by atoms with Gasteiger partial charge in [0.25, 0.3) is 0 Å². The predicted molar refractivity (Wildman–Crippen MR) is 97.1 cm³/mol. The number of carbonyl (C=O) groups is 1. The van der Waals surface area contributed by atoms with Crippen LogP contribution in [0.15, 0.2) is 54.9 Å². The first kappa shape index (κ1) is 15.9. The molecule has 2 N–H and O–H groups in total. The minimum atomic E-state index is -0.426. The molecule has 0 bridgehead atoms. The molecule has 1 amide bonds. The third-order valence-corrected chi connectivity index (χ3v) is 4.00. The van der Waals surface area contributed by atoms with E-state index >= 15 is 0 Å². The Bertz CT molecular complexity index is 1120. The lowest BCUT2D eigenvalue weighted by Gasteiger charge is -2.09. The Morgan fingerprint density at radius 3 is 2.77 bits per heavy atom. The summed E-state index contributed by atoms with van der Waals surface area (Å²) in [7, 11) is 0. The molecule has 7 heteroatoms. The van der Waals surface area contributed by atoms with Crippen molar-refractivity contribution in [1.82, 2.24) is 24.6 Å². The molecule has 0 aromatic carbocycles. The van der Waals surface area contributed by atoms with Crippen LogP contribution in [-0.4, -0.2) is 30.5 Å². The van der Waals surface area contributed by atoms with Crippen LogP contribution in [0.2, 0.25) is 0 Å². The van der Waals surface area contributed by atoms with E-state index in [4.69, 9.17) is 5.73 Å². The highest BCUT2D eigenvalue weighted by atomic mass is 16.1. The maximum atomic E-state index is 11.3. The SMILES string of the molecule is Cc1cccc(-c2ncccc2-c2ccc3ncc(CC(N)=O)n3n2)n1. The van der Waals surface area contributed by atoms with E-state index in [2.05, 4.69) is 20.1 Å². The molecule has 0 aliphatic rings. The molecule has 0 aliphatic carbocycles. The number of pyridine rings is 2. The fourth-order valence-corrected chi connectivity index (χ4v) is 2.85. The van der Waals surface area contributed by atoms with Crippen molar-refractivity contribution in [2.24, 2.45) is 5.73 Å². The quantitative estimate of drug-likeness (QED) is 0.612. The molecule has 0 spiro atoms. The molecule has 0 unspecified atom stereocenters. The van der Waals surface area contributed by atoms with E-state index in [0.29, 0.717) is 17.0 Å². The first-order chi connectivity index (χ1) is 12.6. The maximum absolute atomic E-state index is 11.3. The van der Waals surface area contributed by atoms with Crippen molar-refractivity contribution in [2.75, 3.05) is 0 Å². The Hall–Kier alpha value is -3.61. The van der Waals surface area contributed by atoms with Crippen LogP contribution in [0.4, 0.5) is 0 Å². The van der Waals surface area contributed by atoms with Crippen LogP contribution in [-0.2, 0) is 11.2 Å². The first-order valence-electron chi connectivity index (χ1n) is 8.13. The van der Waals surface area contributed by atoms with Gasteiger partial charge in [0.05, 0.1) is 35.4 Å². The maximum Gasteiger partial charge on any atom is 0.223 e. The number of rotatable bonds is 4. The number of fused-ring (bicyclic) bond motifs is 1. The zero-order valence-corrected chi connectivity index (χ0v) is 14.1. The van der Waals surface area contributed by atoms with Gasteiger partial charge in [0.15, 0.2) is 5.65 Å². The molecule has 4 heterocycles. The van der Waals surface area contributed by atoms with Crippen molar-refractivity contribution in [3.8, 4) is 22.6 Å². The number of amides is 1. The van der Waals surface area contributed by atoms with Crippen molar-refractivity contribution in [2.45, 2.75) is 13.3 Å². The first-order valence-corrected chi connectivity index (χ1v) is 8.13. The van der Waals surface area contributed by atoms with Gasteiger partial charge in [-0.05, 0) is 43.3 Å². The second-order valence-corrected chi connectivity index (χ2v) is 5.94. The number of nitrogens with zero attached hydrogens (tertiary/aromatic N) is 5. The molecule has 0 atom stereocenters. The minimum absolute atomic E-state index is 0.0803. The summed E-state index contributed by atoms with van der Waals surface area (Å²) in [4.78, 5) is 24.6. The number of carbonyl (C=O) groups excluding carboxylic acids is 1. The van der Waals surface area contributed by atoms with Gasteiger partial charge in [-0.2, -0.15) is 5.10 Å². The average Bonchev–Trinajstić information content (AvgIpc) is 3.03. The van der Waals surface area contributed by atoms with Gasteiger partial charge in [0, 0.05) is 17.5 Å². The van der Waals surface area contributed by atoms with Crippen molar-refractivity contribution in [1.29, 1.82) is 0 Å². The van der Waals surface area contributed by atoms with Gasteiger partial charge in [-0.1, -0.05) is 6.07 Å². The summed E-state index contributed by atoms with van der Waals surface area (Å²) in [6.07, 6.45) is 3.43. The normalized spacial score (nSPS) is 11.0. The van der Waals surface area contributed by atoms with Crippen LogP contribution in [0.1, 0.15) is 11.4 Å². The van der Waals surface area contributed by atoms with E-state index in [1.807, 2.05) is 49.4 Å². The smallest absolute Gasteiger partial charge is 0.223 e. The molecule has 128 valence electrons. The van der Waals surface area contributed by atoms with Crippen molar-refractivity contribution < 1.29 is 4.79 Å². The Balaban J connectivity index is 1.87. The highest BCUT2D eigenvalue weighted by molar-refractivity contribution is 5.78. The Morgan fingerprint density at radius 2 is 1.96 bits per heavy atom. The summed E-state index contributed by atoms with van der Waals surface area (Å²) in [6, 6.07) is 13.4. The molecular formula is C19H16N6O. The molecule has 4 aromatic heterocycles. The molecule has 0 fully saturated rings. The second-order valence-electron chi connectivity index (χ2n) is 5.94. The lowest BCUT2D eigenvalue weighted by Crippen LogP contribution is -2.15. The molecular weight excluding hydrogens is 328 g/mol. The van der Waals surface area contributed by atoms with Crippen molar-refractivity contribution >= 4 is 11.6 Å². The van der Waals surface area contributed by atoms with Gasteiger partial charge in [0.1, 0.15) is 0 Å². The van der Waals surface area contributed by atoms with E-state index in [0.717, 1.165) is 22.6 Å². The van der Waals surface area contributed by atoms with Crippen LogP contribution in [0.25, 0.3) is 28.3 Å². The monoisotopic (exact) mass is 344 g/mol. The van der Waals surface area contributed by atoms with Gasteiger partial charge >= 0.3 is 0 Å². The van der Waals surface area contributed by atoms with Gasteiger partial charge in [-0.25, -0.2) is 9.50 Å². The Morgan fingerprint density at radius 1 is 1.08 bits per heavy atom. The average molecular weight is 344 g/mol. The lowest BCUT2D eigenvalue weighted by atomic mass is 10.1. The number of aromatic nitrogens is 5. The number of hydrogen-bond acceptors (Lipinski definition) is 5. The van der Waals surface area contributed by atoms with Crippen LogP contribution in [0.5, 0.6) is 0 Å². The summed E-state index contributed by atoms with van der Waals surface area (Å²) in [5, 5.41) is 4.65. The number of imidazole rings is 1. The largest absolute Gasteiger partial charge is 0.369 e. The lowest BCUT2D eigenvalue weighted by molar-refractivity contribution is -0.117. The summed E-state index contributed by atoms with van der Waals surface area (Å²) in [5.41, 5.74) is 10.6. The van der Waals surface area contributed by atoms with Gasteiger partial charge < -0.3 is 5.73 Å². The van der Waals surface area contributed by atoms with E-state index in [9.17, 15) is 4.79 Å². The number of aryl methyl sites for hydroxylation is 1. The molecule has 4 rings (SSSR count). The van der Waals surface area contributed by atoms with Crippen molar-refractivity contribution in [3.63, 3.8) is 0 Å². The Kier molecular flexibility index (Phi) is 3.89. The predicted octanol–water partition coefficient (Wildman–Crippen LogP) is 2.19. The van der Waals surface area contributed by atoms with E-state index < -0.39 is 5.91 Å². The standard InChI is InChI=1S/C19H16N6O/c1-12-4-2-6-16(23-12)19-14(5-3-9-21-19)15-7-8-18-22-11-13(10-17(20)26)25(18)24-15/h2-9,11H,10H2,1H3,(H2,20,26). The van der Waals surface area contributed by atoms with E-state index in [-0.39, 0.29) is 6.42 Å². The summed E-state index contributed by atoms with van der Waals surface area (Å²) in [6.45, 7) is 1.94. The molecule has 4 aromatic rings. The summed E-state index contributed by atoms with van der Waals surface area (Å²) in [5.74, 6) is -0.426. The number of nitrogens with two attached hydrogens (primary N) is 1. The molecule has 0 radical (unpaired) electrons. The zero-order valence-electron chi connectivity index (χ0n) is 14.1. The van der Waals surface area contributed by atoms with Gasteiger partial charge in [0.2, 0.25) is 5.91 Å². The molecule has 0 saturated carbocycles. The molecule has 0 aliphatic heterocycles. The van der Waals surface area contributed by atoms with Crippen molar-refractivity contribution in [3.05, 3.63) is 66.2 Å². The van der Waals surface area contributed by atoms with Crippen LogP contribution in [0.3, 0.4) is 0 Å². The summed E-state index contributed by atoms with van der Waals surface area (Å²) >= 11 is 0.